The predicted octanol–water partition coefficient (Wildman–Crippen LogP) is -3.87. The number of rotatable bonds is 4. The van der Waals surface area contributed by atoms with Crippen LogP contribution in [-0.2, 0) is 9.13 Å². The predicted molar refractivity (Wildman–Crippen MR) is 61.3 cm³/mol. The summed E-state index contributed by atoms with van der Waals surface area (Å²) in [6.07, 6.45) is 1.11. The molecule has 8 nitrogen and oxygen atoms in total. The molecule has 0 saturated heterocycles. The van der Waals surface area contributed by atoms with Crippen molar-refractivity contribution in [3.63, 3.8) is 0 Å². The first kappa shape index (κ1) is 20.2. The molecule has 0 aliphatic heterocycles. The molecule has 1 aliphatic carbocycles. The Morgan fingerprint density at radius 2 is 1.58 bits per heavy atom. The van der Waals surface area contributed by atoms with E-state index in [0.717, 1.165) is 0 Å². The first-order chi connectivity index (χ1) is 8.04. The third-order valence-corrected chi connectivity index (χ3v) is 7.53. The van der Waals surface area contributed by atoms with Crippen LogP contribution in [0.3, 0.4) is 0 Å². The third kappa shape index (κ3) is 4.11. The van der Waals surface area contributed by atoms with Crippen molar-refractivity contribution in [3.05, 3.63) is 0 Å². The summed E-state index contributed by atoms with van der Waals surface area (Å²) < 4.78 is 22.4. The van der Waals surface area contributed by atoms with Gasteiger partial charge in [-0.15, -0.1) is 0 Å². The summed E-state index contributed by atoms with van der Waals surface area (Å²) >= 11 is 0. The zero-order valence-electron chi connectivity index (χ0n) is 10.7. The topological polar surface area (TPSA) is 164 Å². The van der Waals surface area contributed by atoms with Gasteiger partial charge in [0, 0.05) is 5.92 Å². The molecule has 11 heteroatoms. The van der Waals surface area contributed by atoms with E-state index in [1.807, 2.05) is 0 Å². The van der Waals surface area contributed by atoms with E-state index in [1.165, 1.54) is 0 Å². The van der Waals surface area contributed by atoms with Crippen molar-refractivity contribution >= 4 is 15.2 Å². The molecular formula is C8H18NNaO7P2. The van der Waals surface area contributed by atoms with Gasteiger partial charge < -0.3 is 35.0 Å². The minimum absolute atomic E-state index is 0. The van der Waals surface area contributed by atoms with E-state index in [4.69, 9.17) is 20.4 Å². The van der Waals surface area contributed by atoms with Gasteiger partial charge in [0.1, 0.15) is 0 Å². The molecule has 19 heavy (non-hydrogen) atoms. The van der Waals surface area contributed by atoms with Gasteiger partial charge in [0.15, 0.2) is 7.60 Å². The van der Waals surface area contributed by atoms with Gasteiger partial charge in [-0.1, -0.05) is 0 Å². The first-order valence-electron chi connectivity index (χ1n) is 5.56. The summed E-state index contributed by atoms with van der Waals surface area (Å²) in [5, 5.41) is 6.46. The molecule has 0 aromatic rings. The summed E-state index contributed by atoms with van der Waals surface area (Å²) in [5.74, 6) is -1.04. The van der Waals surface area contributed by atoms with Crippen molar-refractivity contribution in [3.8, 4) is 0 Å². The van der Waals surface area contributed by atoms with Crippen LogP contribution >= 0.6 is 15.2 Å². The first-order valence-corrected chi connectivity index (χ1v) is 8.75. The average molecular weight is 325 g/mol. The molecular weight excluding hydrogens is 307 g/mol. The van der Waals surface area contributed by atoms with Gasteiger partial charge in [-0.05, 0) is 38.1 Å². The van der Waals surface area contributed by atoms with Gasteiger partial charge >= 0.3 is 37.2 Å². The number of hydrogen-bond donors (Lipinski definition) is 5. The number of aliphatic hydroxyl groups is 1. The maximum absolute atomic E-state index is 11.2. The molecule has 1 saturated carbocycles. The van der Waals surface area contributed by atoms with Crippen molar-refractivity contribution in [2.24, 2.45) is 17.6 Å². The standard InChI is InChI=1S/C8H19NO7P2.Na/c9-5-6-1-3-7(4-2-6)8(10,17(11,12)13)18(14,15)16;/h6-7,10H,1-5,9H2,(H2,11,12,13)(H2,14,15,16);/q;+1/p-1. The summed E-state index contributed by atoms with van der Waals surface area (Å²) in [6.45, 7) is 0.398. The van der Waals surface area contributed by atoms with E-state index in [9.17, 15) is 19.1 Å². The quantitative estimate of drug-likeness (QED) is 0.259. The smallest absolute Gasteiger partial charge is 0.776 e. The zero-order valence-corrected chi connectivity index (χ0v) is 14.5. The van der Waals surface area contributed by atoms with Crippen LogP contribution in [0, 0.1) is 11.8 Å². The Balaban J connectivity index is 0.00000324. The molecule has 2 atom stereocenters. The number of nitrogens with two attached hydrogens (primary N) is 1. The van der Waals surface area contributed by atoms with Gasteiger partial charge in [0.05, 0.1) is 0 Å². The molecule has 0 radical (unpaired) electrons. The molecule has 0 bridgehead atoms. The third-order valence-electron chi connectivity index (χ3n) is 3.57. The zero-order chi connectivity index (χ0) is 14.2. The van der Waals surface area contributed by atoms with Crippen LogP contribution in [0.15, 0.2) is 0 Å². The SMILES string of the molecule is NCC1CCC(C(O)(P(=O)([O-])O)P(=O)(O)O)CC1.[Na+]. The molecule has 0 amide bonds. The Bertz CT molecular complexity index is 365. The van der Waals surface area contributed by atoms with Gasteiger partial charge in [-0.25, -0.2) is 0 Å². The minimum atomic E-state index is -5.59. The molecule has 0 heterocycles. The summed E-state index contributed by atoms with van der Waals surface area (Å²) in [6, 6.07) is 0. The van der Waals surface area contributed by atoms with Gasteiger partial charge in [0.25, 0.3) is 0 Å². The Hall–Kier alpha value is 1.22. The largest absolute Gasteiger partial charge is 1.00 e. The van der Waals surface area contributed by atoms with Crippen LogP contribution in [0.25, 0.3) is 0 Å². The molecule has 108 valence electrons. The average Bonchev–Trinajstić information content (AvgIpc) is 2.25. The molecule has 6 N–H and O–H groups in total. The summed E-state index contributed by atoms with van der Waals surface area (Å²) in [4.78, 5) is 38.3. The molecule has 0 aromatic carbocycles. The maximum Gasteiger partial charge on any atom is 1.00 e. The Morgan fingerprint density at radius 3 is 1.84 bits per heavy atom. The molecule has 2 unspecified atom stereocenters. The summed E-state index contributed by atoms with van der Waals surface area (Å²) in [7, 11) is -11.0. The Kier molecular flexibility index (Phi) is 7.44. The molecule has 1 fully saturated rings. The van der Waals surface area contributed by atoms with Crippen molar-refractivity contribution in [2.75, 3.05) is 6.54 Å². The minimum Gasteiger partial charge on any atom is -0.776 e. The van der Waals surface area contributed by atoms with Crippen molar-refractivity contribution in [2.45, 2.75) is 30.8 Å². The van der Waals surface area contributed by atoms with Gasteiger partial charge in [-0.2, -0.15) is 0 Å². The molecule has 0 spiro atoms. The van der Waals surface area contributed by atoms with E-state index >= 15 is 0 Å². The van der Waals surface area contributed by atoms with Crippen molar-refractivity contribution in [1.82, 2.24) is 0 Å². The van der Waals surface area contributed by atoms with Crippen LogP contribution in [0.5, 0.6) is 0 Å². The second-order valence-corrected chi connectivity index (χ2v) is 8.55. The molecule has 0 aromatic heterocycles. The van der Waals surface area contributed by atoms with Gasteiger partial charge in [-0.3, -0.25) is 4.57 Å². The molecule has 1 rings (SSSR count). The Morgan fingerprint density at radius 1 is 1.16 bits per heavy atom. The van der Waals surface area contributed by atoms with E-state index in [0.29, 0.717) is 19.4 Å². The van der Waals surface area contributed by atoms with Crippen LogP contribution in [0.4, 0.5) is 0 Å². The van der Waals surface area contributed by atoms with E-state index in [-0.39, 0.29) is 48.3 Å². The summed E-state index contributed by atoms with van der Waals surface area (Å²) in [5.41, 5.74) is 5.45. The Labute approximate surface area is 133 Å². The van der Waals surface area contributed by atoms with Crippen molar-refractivity contribution in [1.29, 1.82) is 0 Å². The fourth-order valence-electron chi connectivity index (χ4n) is 2.42. The van der Waals surface area contributed by atoms with Crippen LogP contribution in [0.2, 0.25) is 0 Å². The fourth-order valence-corrected chi connectivity index (χ4v) is 5.19. The van der Waals surface area contributed by atoms with E-state index in [2.05, 4.69) is 0 Å². The second-order valence-electron chi connectivity index (χ2n) is 4.71. The van der Waals surface area contributed by atoms with Crippen molar-refractivity contribution < 1.29 is 63.4 Å². The number of hydrogen-bond acceptors (Lipinski definition) is 5. The van der Waals surface area contributed by atoms with Crippen LogP contribution in [0.1, 0.15) is 25.7 Å². The van der Waals surface area contributed by atoms with Crippen LogP contribution in [-0.4, -0.2) is 31.4 Å². The maximum atomic E-state index is 11.2. The van der Waals surface area contributed by atoms with E-state index < -0.39 is 26.2 Å². The fraction of sp³-hybridized carbons (Fsp3) is 1.00. The van der Waals surface area contributed by atoms with Gasteiger partial charge in [0.2, 0.25) is 5.08 Å². The van der Waals surface area contributed by atoms with E-state index in [1.54, 1.807) is 0 Å². The monoisotopic (exact) mass is 325 g/mol. The van der Waals surface area contributed by atoms with Crippen LogP contribution < -0.4 is 40.2 Å². The second kappa shape index (κ2) is 6.99. The normalized spacial score (nSPS) is 30.8. The molecule has 1 aliphatic rings.